The molecule has 0 aliphatic carbocycles. The highest BCUT2D eigenvalue weighted by Crippen LogP contribution is 2.14. The van der Waals surface area contributed by atoms with Crippen molar-refractivity contribution < 1.29 is 0 Å². The van der Waals surface area contributed by atoms with Gasteiger partial charge in [0.2, 0.25) is 0 Å². The molecule has 1 rings (SSSR count). The number of nitrogens with two attached hydrogens (primary N) is 1. The van der Waals surface area contributed by atoms with Gasteiger partial charge in [-0.15, -0.1) is 0 Å². The summed E-state index contributed by atoms with van der Waals surface area (Å²) in [6.45, 7) is 6.56. The molecular weight excluding hydrogens is 160 g/mol. The smallest absolute Gasteiger partial charge is 0.0338 e. The average Bonchev–Trinajstić information content (AvgIpc) is 2.16. The van der Waals surface area contributed by atoms with E-state index in [2.05, 4.69) is 24.9 Å². The molecule has 0 atom stereocenters. The van der Waals surface area contributed by atoms with Crippen LogP contribution in [0.2, 0.25) is 0 Å². The van der Waals surface area contributed by atoms with Gasteiger partial charge in [0.05, 0.1) is 0 Å². The van der Waals surface area contributed by atoms with Crippen molar-refractivity contribution in [2.75, 3.05) is 7.05 Å². The average molecular weight is 176 g/mol. The van der Waals surface area contributed by atoms with Gasteiger partial charge in [0, 0.05) is 19.3 Å². The van der Waals surface area contributed by atoms with E-state index in [1.165, 1.54) is 11.1 Å². The van der Waals surface area contributed by atoms with Crippen LogP contribution in [-0.4, -0.2) is 7.05 Å². The van der Waals surface area contributed by atoms with Gasteiger partial charge >= 0.3 is 0 Å². The third-order valence-corrected chi connectivity index (χ3v) is 2.21. The summed E-state index contributed by atoms with van der Waals surface area (Å²) in [4.78, 5) is 0. The van der Waals surface area contributed by atoms with Crippen LogP contribution in [0.3, 0.4) is 0 Å². The highest BCUT2D eigenvalue weighted by molar-refractivity contribution is 5.62. The van der Waals surface area contributed by atoms with Crippen LogP contribution in [0.1, 0.15) is 16.7 Å². The fraction of sp³-hybridized carbons (Fsp3) is 0.273. The highest BCUT2D eigenvalue weighted by Gasteiger charge is 1.99. The minimum Gasteiger partial charge on any atom is -0.388 e. The molecule has 0 spiro atoms. The van der Waals surface area contributed by atoms with E-state index in [-0.39, 0.29) is 0 Å². The Hall–Kier alpha value is -1.28. The van der Waals surface area contributed by atoms with E-state index >= 15 is 0 Å². The fourth-order valence-electron chi connectivity index (χ4n) is 1.26. The van der Waals surface area contributed by atoms with E-state index in [0.717, 1.165) is 11.3 Å². The second-order valence-electron chi connectivity index (χ2n) is 3.07. The number of nitrogens with one attached hydrogen (secondary N) is 1. The summed E-state index contributed by atoms with van der Waals surface area (Å²) >= 11 is 0. The minimum atomic E-state index is 0.595. The zero-order valence-electron chi connectivity index (χ0n) is 8.22. The number of hydrogen-bond donors (Lipinski definition) is 2. The van der Waals surface area contributed by atoms with Gasteiger partial charge in [-0.25, -0.2) is 0 Å². The quantitative estimate of drug-likeness (QED) is 0.734. The Kier molecular flexibility index (Phi) is 3.09. The Morgan fingerprint density at radius 3 is 2.69 bits per heavy atom. The first-order valence-electron chi connectivity index (χ1n) is 4.35. The molecule has 1 aromatic carbocycles. The standard InChI is InChI=1S/C11H16N2/c1-8-6-10(9(2)13-3)4-5-11(8)7-12/h4-6,13H,2,7,12H2,1,3H3. The van der Waals surface area contributed by atoms with Crippen LogP contribution in [0.4, 0.5) is 0 Å². The third kappa shape index (κ3) is 2.10. The molecule has 2 heteroatoms. The second-order valence-corrected chi connectivity index (χ2v) is 3.07. The maximum Gasteiger partial charge on any atom is 0.0338 e. The van der Waals surface area contributed by atoms with E-state index in [0.29, 0.717) is 6.54 Å². The molecule has 0 fully saturated rings. The molecule has 0 saturated carbocycles. The molecule has 13 heavy (non-hydrogen) atoms. The van der Waals surface area contributed by atoms with Gasteiger partial charge in [0.15, 0.2) is 0 Å². The van der Waals surface area contributed by atoms with Crippen molar-refractivity contribution in [1.29, 1.82) is 0 Å². The summed E-state index contributed by atoms with van der Waals surface area (Å²) in [7, 11) is 1.87. The summed E-state index contributed by atoms with van der Waals surface area (Å²) in [6, 6.07) is 6.18. The molecule has 2 nitrogen and oxygen atoms in total. The first kappa shape index (κ1) is 9.81. The van der Waals surface area contributed by atoms with Crippen molar-refractivity contribution in [2.24, 2.45) is 5.73 Å². The molecule has 3 N–H and O–H groups in total. The van der Waals surface area contributed by atoms with E-state index in [9.17, 15) is 0 Å². The van der Waals surface area contributed by atoms with Gasteiger partial charge in [-0.3, -0.25) is 0 Å². The van der Waals surface area contributed by atoms with Crippen molar-refractivity contribution in [3.8, 4) is 0 Å². The van der Waals surface area contributed by atoms with Gasteiger partial charge in [-0.2, -0.15) is 0 Å². The van der Waals surface area contributed by atoms with E-state index in [1.54, 1.807) is 0 Å². The highest BCUT2D eigenvalue weighted by atomic mass is 14.8. The molecule has 0 saturated heterocycles. The Labute approximate surface area is 79.5 Å². The monoisotopic (exact) mass is 176 g/mol. The third-order valence-electron chi connectivity index (χ3n) is 2.21. The Bertz CT molecular complexity index is 316. The molecule has 0 aliphatic rings. The summed E-state index contributed by atoms with van der Waals surface area (Å²) < 4.78 is 0. The van der Waals surface area contributed by atoms with Crippen LogP contribution in [0.5, 0.6) is 0 Å². The van der Waals surface area contributed by atoms with Gasteiger partial charge in [-0.05, 0) is 29.7 Å². The lowest BCUT2D eigenvalue weighted by Gasteiger charge is -2.08. The summed E-state index contributed by atoms with van der Waals surface area (Å²) in [5, 5.41) is 3.02. The maximum absolute atomic E-state index is 5.57. The van der Waals surface area contributed by atoms with Crippen LogP contribution < -0.4 is 11.1 Å². The predicted octanol–water partition coefficient (Wildman–Crippen LogP) is 1.64. The van der Waals surface area contributed by atoms with E-state index in [4.69, 9.17) is 5.73 Å². The topological polar surface area (TPSA) is 38.0 Å². The predicted molar refractivity (Wildman–Crippen MR) is 57.2 cm³/mol. The molecular formula is C11H16N2. The molecule has 0 aromatic heterocycles. The summed E-state index contributed by atoms with van der Waals surface area (Å²) in [5.41, 5.74) is 10.0. The first-order valence-corrected chi connectivity index (χ1v) is 4.35. The van der Waals surface area contributed by atoms with Crippen molar-refractivity contribution in [3.05, 3.63) is 41.5 Å². The van der Waals surface area contributed by atoms with Crippen LogP contribution in [0.15, 0.2) is 24.8 Å². The van der Waals surface area contributed by atoms with Crippen LogP contribution in [-0.2, 0) is 6.54 Å². The van der Waals surface area contributed by atoms with Gasteiger partial charge in [0.25, 0.3) is 0 Å². The number of benzene rings is 1. The molecule has 0 bridgehead atoms. The van der Waals surface area contributed by atoms with Gasteiger partial charge in [-0.1, -0.05) is 18.7 Å². The molecule has 0 amide bonds. The normalized spacial score (nSPS) is 9.77. The Morgan fingerprint density at radius 1 is 1.54 bits per heavy atom. The SMILES string of the molecule is C=C(NC)c1ccc(CN)c(C)c1. The molecule has 0 aliphatic heterocycles. The van der Waals surface area contributed by atoms with E-state index < -0.39 is 0 Å². The molecule has 70 valence electrons. The molecule has 0 unspecified atom stereocenters. The number of hydrogen-bond acceptors (Lipinski definition) is 2. The second kappa shape index (κ2) is 4.10. The molecule has 0 radical (unpaired) electrons. The number of rotatable bonds is 3. The Balaban J connectivity index is 3.02. The lowest BCUT2D eigenvalue weighted by molar-refractivity contribution is 1.04. The zero-order valence-corrected chi connectivity index (χ0v) is 8.22. The minimum absolute atomic E-state index is 0.595. The van der Waals surface area contributed by atoms with Gasteiger partial charge < -0.3 is 11.1 Å². The molecule has 1 aromatic rings. The van der Waals surface area contributed by atoms with Crippen molar-refractivity contribution in [2.45, 2.75) is 13.5 Å². The summed E-state index contributed by atoms with van der Waals surface area (Å²) in [6.07, 6.45) is 0. The maximum atomic E-state index is 5.57. The van der Waals surface area contributed by atoms with Crippen molar-refractivity contribution >= 4 is 5.70 Å². The van der Waals surface area contributed by atoms with Crippen molar-refractivity contribution in [3.63, 3.8) is 0 Å². The lowest BCUT2D eigenvalue weighted by Crippen LogP contribution is -2.04. The fourth-order valence-corrected chi connectivity index (χ4v) is 1.26. The molecule has 0 heterocycles. The van der Waals surface area contributed by atoms with E-state index in [1.807, 2.05) is 19.2 Å². The van der Waals surface area contributed by atoms with Crippen LogP contribution in [0.25, 0.3) is 5.70 Å². The van der Waals surface area contributed by atoms with Crippen LogP contribution in [0, 0.1) is 6.92 Å². The van der Waals surface area contributed by atoms with Crippen LogP contribution >= 0.6 is 0 Å². The van der Waals surface area contributed by atoms with Crippen molar-refractivity contribution in [1.82, 2.24) is 5.32 Å². The van der Waals surface area contributed by atoms with Gasteiger partial charge in [0.1, 0.15) is 0 Å². The Morgan fingerprint density at radius 2 is 2.23 bits per heavy atom. The largest absolute Gasteiger partial charge is 0.388 e. The number of aryl methyl sites for hydroxylation is 1. The summed E-state index contributed by atoms with van der Waals surface area (Å²) in [5.74, 6) is 0. The first-order chi connectivity index (χ1) is 6.19. The zero-order chi connectivity index (χ0) is 9.84. The lowest BCUT2D eigenvalue weighted by atomic mass is 10.0.